The molecule has 0 aliphatic carbocycles. The summed E-state index contributed by atoms with van der Waals surface area (Å²) in [6, 6.07) is 0. The lowest BCUT2D eigenvalue weighted by Gasteiger charge is -1.98. The van der Waals surface area contributed by atoms with Gasteiger partial charge in [0, 0.05) is 11.6 Å². The summed E-state index contributed by atoms with van der Waals surface area (Å²) in [6.07, 6.45) is -1.11. The van der Waals surface area contributed by atoms with Crippen molar-refractivity contribution in [2.24, 2.45) is 0 Å². The third kappa shape index (κ3) is 5.72. The number of aliphatic hydroxyl groups excluding tert-OH is 1. The van der Waals surface area contributed by atoms with E-state index in [4.69, 9.17) is 5.11 Å². The van der Waals surface area contributed by atoms with E-state index in [2.05, 4.69) is 16.3 Å². The first-order valence-corrected chi connectivity index (χ1v) is 2.05. The second kappa shape index (κ2) is 2.82. The molecule has 0 rings (SSSR count). The molecule has 1 N–H and O–H groups in total. The zero-order chi connectivity index (χ0) is 5.86. The first-order chi connectivity index (χ1) is 3.13. The third-order valence-corrected chi connectivity index (χ3v) is 0.352. The molecule has 0 aromatic rings. The van der Waals surface area contributed by atoms with Gasteiger partial charge in [-0.25, -0.2) is 4.79 Å². The van der Waals surface area contributed by atoms with Crippen LogP contribution >= 0.6 is 11.6 Å². The lowest BCUT2D eigenvalue weighted by Crippen LogP contribution is -2.06. The molecule has 0 bridgehead atoms. The molecule has 4 heteroatoms. The summed E-state index contributed by atoms with van der Waals surface area (Å²) in [6.45, 7) is 1.29. The predicted octanol–water partition coefficient (Wildman–Crippen LogP) is 0.700. The predicted molar refractivity (Wildman–Crippen MR) is 24.0 cm³/mol. The molecule has 0 saturated carbocycles. The maximum Gasteiger partial charge on any atom is 0.406 e. The van der Waals surface area contributed by atoms with Crippen LogP contribution in [0.1, 0.15) is 6.92 Å². The highest BCUT2D eigenvalue weighted by Crippen LogP contribution is 1.89. The SMILES string of the molecule is CC(O)OC(=O)Cl. The van der Waals surface area contributed by atoms with E-state index in [1.54, 1.807) is 0 Å². The number of carbonyl (C=O) groups is 1. The number of carbonyl (C=O) groups excluding carboxylic acids is 1. The van der Waals surface area contributed by atoms with Crippen molar-refractivity contribution in [2.75, 3.05) is 0 Å². The smallest absolute Gasteiger partial charge is 0.406 e. The van der Waals surface area contributed by atoms with Crippen LogP contribution in [0.4, 0.5) is 4.79 Å². The van der Waals surface area contributed by atoms with Gasteiger partial charge in [-0.2, -0.15) is 0 Å². The minimum atomic E-state index is -1.11. The van der Waals surface area contributed by atoms with Gasteiger partial charge in [0.1, 0.15) is 0 Å². The minimum absolute atomic E-state index is 0.991. The molecule has 42 valence electrons. The molecule has 0 heterocycles. The van der Waals surface area contributed by atoms with Crippen LogP contribution < -0.4 is 0 Å². The van der Waals surface area contributed by atoms with E-state index in [1.807, 2.05) is 0 Å². The number of aliphatic hydroxyl groups is 1. The number of rotatable bonds is 1. The van der Waals surface area contributed by atoms with E-state index in [1.165, 1.54) is 6.92 Å². The summed E-state index contributed by atoms with van der Waals surface area (Å²) in [5.74, 6) is 0. The normalized spacial score (nSPS) is 13.0. The Morgan fingerprint density at radius 1 is 2.00 bits per heavy atom. The van der Waals surface area contributed by atoms with Crippen molar-refractivity contribution in [3.8, 4) is 0 Å². The lowest BCUT2D eigenvalue weighted by molar-refractivity contribution is -0.0266. The van der Waals surface area contributed by atoms with Crippen LogP contribution in [0, 0.1) is 0 Å². The molecular formula is C3H5ClO3. The Kier molecular flexibility index (Phi) is 2.71. The van der Waals surface area contributed by atoms with E-state index in [0.717, 1.165) is 0 Å². The molecule has 0 amide bonds. The number of ether oxygens (including phenoxy) is 1. The van der Waals surface area contributed by atoms with Crippen molar-refractivity contribution < 1.29 is 14.6 Å². The van der Waals surface area contributed by atoms with Crippen LogP contribution in [0.3, 0.4) is 0 Å². The third-order valence-electron chi connectivity index (χ3n) is 0.263. The topological polar surface area (TPSA) is 46.5 Å². The molecular weight excluding hydrogens is 119 g/mol. The van der Waals surface area contributed by atoms with Gasteiger partial charge in [0.2, 0.25) is 0 Å². The maximum atomic E-state index is 9.64. The van der Waals surface area contributed by atoms with Crippen LogP contribution in [-0.2, 0) is 4.74 Å². The Labute approximate surface area is 45.8 Å². The summed E-state index contributed by atoms with van der Waals surface area (Å²) >= 11 is 4.65. The fraction of sp³-hybridized carbons (Fsp3) is 0.667. The fourth-order valence-corrected chi connectivity index (χ4v) is 0.263. The van der Waals surface area contributed by atoms with Crippen molar-refractivity contribution in [3.63, 3.8) is 0 Å². The minimum Gasteiger partial charge on any atom is -0.424 e. The molecule has 0 spiro atoms. The Balaban J connectivity index is 3.13. The molecule has 0 aliphatic rings. The van der Waals surface area contributed by atoms with Gasteiger partial charge in [-0.3, -0.25) is 0 Å². The van der Waals surface area contributed by atoms with E-state index in [9.17, 15) is 4.79 Å². The molecule has 0 radical (unpaired) electrons. The van der Waals surface area contributed by atoms with Crippen molar-refractivity contribution in [3.05, 3.63) is 0 Å². The van der Waals surface area contributed by atoms with Gasteiger partial charge in [0.05, 0.1) is 0 Å². The van der Waals surface area contributed by atoms with E-state index in [0.29, 0.717) is 0 Å². The largest absolute Gasteiger partial charge is 0.424 e. The first kappa shape index (κ1) is 6.72. The van der Waals surface area contributed by atoms with Gasteiger partial charge >= 0.3 is 5.43 Å². The highest BCUT2D eigenvalue weighted by molar-refractivity contribution is 6.61. The second-order valence-electron chi connectivity index (χ2n) is 0.955. The summed E-state index contributed by atoms with van der Waals surface area (Å²) in [5, 5.41) is 8.20. The Morgan fingerprint density at radius 2 is 2.43 bits per heavy atom. The average molecular weight is 125 g/mol. The monoisotopic (exact) mass is 124 g/mol. The van der Waals surface area contributed by atoms with Crippen molar-refractivity contribution >= 4 is 17.0 Å². The Hall–Kier alpha value is -0.280. The van der Waals surface area contributed by atoms with E-state index >= 15 is 0 Å². The lowest BCUT2D eigenvalue weighted by atomic mass is 10.8. The van der Waals surface area contributed by atoms with Gasteiger partial charge in [-0.1, -0.05) is 0 Å². The van der Waals surface area contributed by atoms with Gasteiger partial charge in [0.15, 0.2) is 6.29 Å². The molecule has 1 unspecified atom stereocenters. The summed E-state index contributed by atoms with van der Waals surface area (Å²) < 4.78 is 3.93. The zero-order valence-corrected chi connectivity index (χ0v) is 4.47. The molecule has 0 aliphatic heterocycles. The van der Waals surface area contributed by atoms with Crippen molar-refractivity contribution in [1.82, 2.24) is 0 Å². The number of hydrogen-bond donors (Lipinski definition) is 1. The summed E-state index contributed by atoms with van der Waals surface area (Å²) in [5.41, 5.74) is -0.991. The summed E-state index contributed by atoms with van der Waals surface area (Å²) in [7, 11) is 0. The average Bonchev–Trinajstić information content (AvgIpc) is 1.27. The van der Waals surface area contributed by atoms with Crippen molar-refractivity contribution in [2.45, 2.75) is 13.2 Å². The zero-order valence-electron chi connectivity index (χ0n) is 3.72. The van der Waals surface area contributed by atoms with E-state index in [-0.39, 0.29) is 0 Å². The number of halogens is 1. The highest BCUT2D eigenvalue weighted by Gasteiger charge is 1.98. The standard InChI is InChI=1S/C3H5ClO3/c1-2(5)7-3(4)6/h2,5H,1H3. The van der Waals surface area contributed by atoms with E-state index < -0.39 is 11.7 Å². The quantitative estimate of drug-likeness (QED) is 0.414. The van der Waals surface area contributed by atoms with Crippen LogP contribution in [0.15, 0.2) is 0 Å². The maximum absolute atomic E-state index is 9.64. The van der Waals surface area contributed by atoms with Crippen LogP contribution in [0.25, 0.3) is 0 Å². The van der Waals surface area contributed by atoms with Gasteiger partial charge in [0.25, 0.3) is 0 Å². The Bertz CT molecular complexity index is 70.6. The molecule has 0 saturated heterocycles. The molecule has 7 heavy (non-hydrogen) atoms. The summed E-state index contributed by atoms with van der Waals surface area (Å²) in [4.78, 5) is 9.64. The molecule has 1 atom stereocenters. The van der Waals surface area contributed by atoms with Gasteiger partial charge in [-0.05, 0) is 6.92 Å². The molecule has 0 aromatic carbocycles. The van der Waals surface area contributed by atoms with Crippen LogP contribution in [0.2, 0.25) is 0 Å². The molecule has 0 fully saturated rings. The van der Waals surface area contributed by atoms with Gasteiger partial charge < -0.3 is 9.84 Å². The Morgan fingerprint density at radius 3 is 2.43 bits per heavy atom. The van der Waals surface area contributed by atoms with Crippen LogP contribution in [-0.4, -0.2) is 16.8 Å². The van der Waals surface area contributed by atoms with Crippen LogP contribution in [0.5, 0.6) is 0 Å². The fourth-order valence-electron chi connectivity index (χ4n) is 0.134. The molecule has 0 aromatic heterocycles. The first-order valence-electron chi connectivity index (χ1n) is 1.67. The number of hydrogen-bond acceptors (Lipinski definition) is 3. The molecule has 3 nitrogen and oxygen atoms in total. The second-order valence-corrected chi connectivity index (χ2v) is 1.26. The van der Waals surface area contributed by atoms with Gasteiger partial charge in [-0.15, -0.1) is 0 Å². The van der Waals surface area contributed by atoms with Crippen molar-refractivity contribution in [1.29, 1.82) is 0 Å². The highest BCUT2D eigenvalue weighted by atomic mass is 35.5.